The Morgan fingerprint density at radius 3 is 1.60 bits per heavy atom. The molecule has 0 fully saturated rings. The zero-order valence-corrected chi connectivity index (χ0v) is 28.0. The topological polar surface area (TPSA) is 32.5 Å². The summed E-state index contributed by atoms with van der Waals surface area (Å²) in [6, 6.07) is 61.7. The van der Waals surface area contributed by atoms with Crippen molar-refractivity contribution in [3.8, 4) is 22.6 Å². The standard InChI is InChI=1S/C46H35N3O/c1-46(2)39-29-16-15-28-38(39)42-40(46)31-41-44(50-45(47-41)32-18-7-3-8-19-32)43(42)49(35-24-13-6-14-25-35)37-27-17-26-36(30-37)48(33-20-9-4-10-21-33)34-22-11-5-12-23-34/h3-31H,1-2H3. The number of hydrogen-bond acceptors (Lipinski definition) is 4. The molecule has 0 saturated carbocycles. The van der Waals surface area contributed by atoms with Gasteiger partial charge in [-0.25, -0.2) is 4.98 Å². The Hall–Kier alpha value is -6.39. The monoisotopic (exact) mass is 645 g/mol. The fraction of sp³-hybridized carbons (Fsp3) is 0.0652. The Bertz CT molecular complexity index is 2410. The van der Waals surface area contributed by atoms with E-state index in [-0.39, 0.29) is 5.41 Å². The van der Waals surface area contributed by atoms with Gasteiger partial charge in [0.15, 0.2) is 5.58 Å². The number of para-hydroxylation sites is 3. The van der Waals surface area contributed by atoms with Crippen LogP contribution in [0, 0.1) is 0 Å². The van der Waals surface area contributed by atoms with E-state index in [2.05, 4.69) is 181 Å². The van der Waals surface area contributed by atoms with Crippen LogP contribution in [-0.4, -0.2) is 4.98 Å². The minimum Gasteiger partial charge on any atom is -0.434 e. The molecule has 7 aromatic carbocycles. The van der Waals surface area contributed by atoms with Crippen molar-refractivity contribution in [2.45, 2.75) is 19.3 Å². The zero-order chi connectivity index (χ0) is 33.7. The molecule has 0 amide bonds. The lowest BCUT2D eigenvalue weighted by Gasteiger charge is -2.31. The van der Waals surface area contributed by atoms with Crippen molar-refractivity contribution in [3.05, 3.63) is 187 Å². The van der Waals surface area contributed by atoms with Crippen LogP contribution < -0.4 is 9.80 Å². The molecule has 0 bridgehead atoms. The van der Waals surface area contributed by atoms with Crippen molar-refractivity contribution >= 4 is 45.2 Å². The molecule has 8 aromatic rings. The van der Waals surface area contributed by atoms with E-state index >= 15 is 0 Å². The molecule has 1 aliphatic rings. The van der Waals surface area contributed by atoms with Crippen LogP contribution in [0.3, 0.4) is 0 Å². The van der Waals surface area contributed by atoms with Gasteiger partial charge in [0.05, 0.1) is 5.69 Å². The number of anilines is 6. The van der Waals surface area contributed by atoms with Gasteiger partial charge in [0.25, 0.3) is 0 Å². The Morgan fingerprint density at radius 2 is 0.980 bits per heavy atom. The van der Waals surface area contributed by atoms with Crippen molar-refractivity contribution in [2.75, 3.05) is 9.80 Å². The fourth-order valence-corrected chi connectivity index (χ4v) is 7.48. The highest BCUT2D eigenvalue weighted by Crippen LogP contribution is 2.57. The van der Waals surface area contributed by atoms with E-state index in [0.717, 1.165) is 50.8 Å². The SMILES string of the molecule is CC1(C)c2ccccc2-c2c1cc1nc(-c3ccccc3)oc1c2N(c1ccccc1)c1cccc(N(c2ccccc2)c2ccccc2)c1. The Labute approximate surface area is 292 Å². The second-order valence-corrected chi connectivity index (χ2v) is 13.2. The first-order chi connectivity index (χ1) is 24.6. The molecule has 0 unspecified atom stereocenters. The van der Waals surface area contributed by atoms with E-state index in [0.29, 0.717) is 5.89 Å². The molecule has 0 radical (unpaired) electrons. The van der Waals surface area contributed by atoms with E-state index in [1.54, 1.807) is 0 Å². The van der Waals surface area contributed by atoms with Crippen molar-refractivity contribution in [1.82, 2.24) is 4.98 Å². The molecule has 1 aliphatic carbocycles. The molecule has 1 heterocycles. The highest BCUT2D eigenvalue weighted by molar-refractivity contribution is 6.07. The van der Waals surface area contributed by atoms with Crippen LogP contribution in [0.5, 0.6) is 0 Å². The summed E-state index contributed by atoms with van der Waals surface area (Å²) in [6.07, 6.45) is 0. The van der Waals surface area contributed by atoms with Gasteiger partial charge in [-0.3, -0.25) is 0 Å². The molecule has 0 aliphatic heterocycles. The number of fused-ring (bicyclic) bond motifs is 4. The van der Waals surface area contributed by atoms with Crippen LogP contribution in [0.4, 0.5) is 34.1 Å². The lowest BCUT2D eigenvalue weighted by atomic mass is 9.82. The molecular weight excluding hydrogens is 611 g/mol. The van der Waals surface area contributed by atoms with E-state index in [1.807, 2.05) is 18.2 Å². The smallest absolute Gasteiger partial charge is 0.227 e. The molecule has 9 rings (SSSR count). The maximum Gasteiger partial charge on any atom is 0.227 e. The van der Waals surface area contributed by atoms with Gasteiger partial charge in [0.2, 0.25) is 5.89 Å². The van der Waals surface area contributed by atoms with E-state index in [1.165, 1.54) is 22.3 Å². The minimum absolute atomic E-state index is 0.234. The first kappa shape index (κ1) is 29.7. The number of benzene rings is 7. The van der Waals surface area contributed by atoms with Crippen molar-refractivity contribution in [2.24, 2.45) is 0 Å². The molecule has 0 saturated heterocycles. The highest BCUT2D eigenvalue weighted by Gasteiger charge is 2.40. The summed E-state index contributed by atoms with van der Waals surface area (Å²) in [5.41, 5.74) is 13.5. The summed E-state index contributed by atoms with van der Waals surface area (Å²) in [4.78, 5) is 9.80. The number of nitrogens with zero attached hydrogens (tertiary/aromatic N) is 3. The molecule has 1 aromatic heterocycles. The van der Waals surface area contributed by atoms with Gasteiger partial charge in [-0.15, -0.1) is 0 Å². The quantitative estimate of drug-likeness (QED) is 0.173. The number of aromatic nitrogens is 1. The molecule has 50 heavy (non-hydrogen) atoms. The van der Waals surface area contributed by atoms with Crippen LogP contribution in [0.1, 0.15) is 25.0 Å². The van der Waals surface area contributed by atoms with E-state index < -0.39 is 0 Å². The summed E-state index contributed by atoms with van der Waals surface area (Å²) in [6.45, 7) is 4.63. The first-order valence-corrected chi connectivity index (χ1v) is 17.1. The van der Waals surface area contributed by atoms with Gasteiger partial charge >= 0.3 is 0 Å². The average molecular weight is 646 g/mol. The highest BCUT2D eigenvalue weighted by atomic mass is 16.3. The Morgan fingerprint density at radius 1 is 0.480 bits per heavy atom. The molecule has 240 valence electrons. The van der Waals surface area contributed by atoms with Gasteiger partial charge in [0.1, 0.15) is 5.52 Å². The lowest BCUT2D eigenvalue weighted by Crippen LogP contribution is -2.16. The second-order valence-electron chi connectivity index (χ2n) is 13.2. The maximum absolute atomic E-state index is 6.87. The number of oxazole rings is 1. The molecular formula is C46H35N3O. The van der Waals surface area contributed by atoms with E-state index in [4.69, 9.17) is 9.40 Å². The van der Waals surface area contributed by atoms with Crippen molar-refractivity contribution in [1.29, 1.82) is 0 Å². The predicted octanol–water partition coefficient (Wildman–Crippen LogP) is 12.7. The summed E-state index contributed by atoms with van der Waals surface area (Å²) < 4.78 is 6.87. The molecule has 0 atom stereocenters. The summed E-state index contributed by atoms with van der Waals surface area (Å²) in [5, 5.41) is 0. The van der Waals surface area contributed by atoms with Gasteiger partial charge in [-0.05, 0) is 89.5 Å². The van der Waals surface area contributed by atoms with Crippen molar-refractivity contribution < 1.29 is 4.42 Å². The number of rotatable bonds is 7. The third-order valence-electron chi connectivity index (χ3n) is 9.83. The lowest BCUT2D eigenvalue weighted by molar-refractivity contribution is 0.620. The molecule has 0 N–H and O–H groups in total. The average Bonchev–Trinajstić information content (AvgIpc) is 3.70. The molecule has 4 heteroatoms. The van der Waals surface area contributed by atoms with Crippen LogP contribution in [0.2, 0.25) is 0 Å². The van der Waals surface area contributed by atoms with Crippen molar-refractivity contribution in [3.63, 3.8) is 0 Å². The summed E-state index contributed by atoms with van der Waals surface area (Å²) in [5.74, 6) is 0.609. The van der Waals surface area contributed by atoms with E-state index in [9.17, 15) is 0 Å². The van der Waals surface area contributed by atoms with Crippen LogP contribution >= 0.6 is 0 Å². The Kier molecular flexibility index (Phi) is 7.10. The third-order valence-corrected chi connectivity index (χ3v) is 9.83. The molecule has 0 spiro atoms. The fourth-order valence-electron chi connectivity index (χ4n) is 7.48. The summed E-state index contributed by atoms with van der Waals surface area (Å²) in [7, 11) is 0. The molecule has 4 nitrogen and oxygen atoms in total. The zero-order valence-electron chi connectivity index (χ0n) is 28.0. The number of hydrogen-bond donors (Lipinski definition) is 0. The van der Waals surface area contributed by atoms with Crippen LogP contribution in [0.15, 0.2) is 180 Å². The largest absolute Gasteiger partial charge is 0.434 e. The maximum atomic E-state index is 6.87. The van der Waals surface area contributed by atoms with Gasteiger partial charge in [-0.1, -0.05) is 117 Å². The minimum atomic E-state index is -0.234. The summed E-state index contributed by atoms with van der Waals surface area (Å²) >= 11 is 0. The first-order valence-electron chi connectivity index (χ1n) is 17.1. The van der Waals surface area contributed by atoms with Crippen LogP contribution in [-0.2, 0) is 5.41 Å². The predicted molar refractivity (Wildman–Crippen MR) is 206 cm³/mol. The van der Waals surface area contributed by atoms with Gasteiger partial charge in [0, 0.05) is 45.0 Å². The van der Waals surface area contributed by atoms with Gasteiger partial charge < -0.3 is 14.2 Å². The second kappa shape index (κ2) is 11.9. The van der Waals surface area contributed by atoms with Crippen LogP contribution in [0.25, 0.3) is 33.7 Å². The normalized spacial score (nSPS) is 12.8. The van der Waals surface area contributed by atoms with Gasteiger partial charge in [-0.2, -0.15) is 0 Å². The Balaban J connectivity index is 1.34. The third kappa shape index (κ3) is 4.88.